The third-order valence-corrected chi connectivity index (χ3v) is 16.0. The van der Waals surface area contributed by atoms with Crippen LogP contribution in [-0.2, 0) is 28.6 Å². The number of unbranched alkanes of at least 4 members (excludes halogenated alkanes) is 47. The van der Waals surface area contributed by atoms with Crippen molar-refractivity contribution in [1.29, 1.82) is 0 Å². The van der Waals surface area contributed by atoms with Crippen LogP contribution in [-0.4, -0.2) is 37.2 Å². The first-order valence-electron chi connectivity index (χ1n) is 35.6. The van der Waals surface area contributed by atoms with Crippen LogP contribution in [0.15, 0.2) is 48.6 Å². The van der Waals surface area contributed by atoms with Crippen molar-refractivity contribution >= 4 is 17.9 Å². The van der Waals surface area contributed by atoms with Crippen molar-refractivity contribution < 1.29 is 28.6 Å². The number of rotatable bonds is 66. The van der Waals surface area contributed by atoms with Crippen molar-refractivity contribution in [2.24, 2.45) is 0 Å². The fraction of sp³-hybridized carbons (Fsp3) is 0.851. The third kappa shape index (κ3) is 66.2. The number of ether oxygens (including phenoxy) is 3. The van der Waals surface area contributed by atoms with E-state index in [4.69, 9.17) is 14.2 Å². The number of carbonyl (C=O) groups is 3. The molecule has 1 atom stereocenters. The molecule has 0 amide bonds. The summed E-state index contributed by atoms with van der Waals surface area (Å²) in [5.74, 6) is -0.866. The number of esters is 3. The first kappa shape index (κ1) is 77.4. The van der Waals surface area contributed by atoms with E-state index in [0.717, 1.165) is 77.0 Å². The van der Waals surface area contributed by atoms with Crippen LogP contribution in [0.1, 0.15) is 387 Å². The Morgan fingerprint density at radius 2 is 0.450 bits per heavy atom. The third-order valence-electron chi connectivity index (χ3n) is 16.0. The molecular formula is C74H136O6. The van der Waals surface area contributed by atoms with Crippen molar-refractivity contribution in [3.8, 4) is 0 Å². The molecule has 0 radical (unpaired) electrons. The first-order chi connectivity index (χ1) is 39.5. The predicted octanol–water partition coefficient (Wildman–Crippen LogP) is 24.5. The van der Waals surface area contributed by atoms with Crippen molar-refractivity contribution in [2.45, 2.75) is 393 Å². The van der Waals surface area contributed by atoms with Crippen LogP contribution in [0, 0.1) is 0 Å². The summed E-state index contributed by atoms with van der Waals surface area (Å²) in [6.07, 6.45) is 87.1. The number of allylic oxidation sites excluding steroid dienone is 8. The molecule has 0 heterocycles. The summed E-state index contributed by atoms with van der Waals surface area (Å²) in [7, 11) is 0. The quantitative estimate of drug-likeness (QED) is 0.0261. The molecule has 0 aliphatic rings. The molecule has 0 bridgehead atoms. The van der Waals surface area contributed by atoms with Crippen molar-refractivity contribution in [3.05, 3.63) is 48.6 Å². The Morgan fingerprint density at radius 1 is 0.250 bits per heavy atom. The van der Waals surface area contributed by atoms with Crippen molar-refractivity contribution in [2.75, 3.05) is 13.2 Å². The maximum absolute atomic E-state index is 13.0. The molecule has 0 spiro atoms. The standard InChI is InChI=1S/C74H136O6/c1-4-7-10-13-16-19-22-25-28-31-33-35-37-39-41-43-46-49-52-55-58-61-64-67-73(76)79-70-71(69-78-72(75)66-63-60-57-54-51-48-45-30-27-24-21-18-15-12-9-6-3)80-74(77)68-65-62-59-56-53-50-47-44-42-40-38-36-34-32-29-26-23-20-17-14-11-8-5-2/h21,24,30-34,45,71H,4-20,22-23,25-29,35-44,46-70H2,1-3H3/b24-21-,33-31-,34-32-,45-30-. The molecule has 0 saturated carbocycles. The minimum absolute atomic E-state index is 0.0753. The maximum atomic E-state index is 13.0. The monoisotopic (exact) mass is 1120 g/mol. The van der Waals surface area contributed by atoms with E-state index < -0.39 is 6.10 Å². The van der Waals surface area contributed by atoms with Gasteiger partial charge in [-0.15, -0.1) is 0 Å². The Hall–Kier alpha value is -2.63. The SMILES string of the molecule is CCCCCC/C=C\C/C=C\CCCCCCCC(=O)OCC(COC(=O)CCCCCCCCCCCCC/C=C\CCCCCCCCCC)OC(=O)CCCCCCCCCCCCC/C=C\CCCCCCCCCC. The largest absolute Gasteiger partial charge is 0.462 e. The normalized spacial score (nSPS) is 12.3. The Kier molecular flexibility index (Phi) is 66.6. The second-order valence-electron chi connectivity index (χ2n) is 24.1. The summed E-state index contributed by atoms with van der Waals surface area (Å²) < 4.78 is 17.0. The van der Waals surface area contributed by atoms with Crippen molar-refractivity contribution in [1.82, 2.24) is 0 Å². The van der Waals surface area contributed by atoms with Gasteiger partial charge in [0.15, 0.2) is 6.10 Å². The van der Waals surface area contributed by atoms with Crippen LogP contribution in [0.3, 0.4) is 0 Å². The second kappa shape index (κ2) is 68.9. The summed E-state index contributed by atoms with van der Waals surface area (Å²) in [5, 5.41) is 0. The molecule has 6 heteroatoms. The molecule has 0 aliphatic carbocycles. The summed E-state index contributed by atoms with van der Waals surface area (Å²) in [6.45, 7) is 6.68. The first-order valence-corrected chi connectivity index (χ1v) is 35.6. The second-order valence-corrected chi connectivity index (χ2v) is 24.1. The topological polar surface area (TPSA) is 78.9 Å². The smallest absolute Gasteiger partial charge is 0.306 e. The van der Waals surface area contributed by atoms with E-state index in [0.29, 0.717) is 19.3 Å². The zero-order valence-corrected chi connectivity index (χ0v) is 53.9. The lowest BCUT2D eigenvalue weighted by molar-refractivity contribution is -0.167. The molecule has 0 aromatic heterocycles. The van der Waals surface area contributed by atoms with E-state index in [1.807, 2.05) is 0 Å². The zero-order valence-electron chi connectivity index (χ0n) is 53.9. The van der Waals surface area contributed by atoms with E-state index in [1.54, 1.807) is 0 Å². The average Bonchev–Trinajstić information content (AvgIpc) is 3.46. The minimum Gasteiger partial charge on any atom is -0.462 e. The Labute approximate surface area is 498 Å². The maximum Gasteiger partial charge on any atom is 0.306 e. The van der Waals surface area contributed by atoms with Crippen LogP contribution < -0.4 is 0 Å². The van der Waals surface area contributed by atoms with Crippen LogP contribution in [0.5, 0.6) is 0 Å². The van der Waals surface area contributed by atoms with E-state index in [2.05, 4.69) is 69.4 Å². The Bertz CT molecular complexity index is 1380. The summed E-state index contributed by atoms with van der Waals surface area (Å²) in [4.78, 5) is 38.5. The molecule has 0 aromatic carbocycles. The molecule has 0 N–H and O–H groups in total. The van der Waals surface area contributed by atoms with E-state index in [9.17, 15) is 14.4 Å². The number of hydrogen-bond acceptors (Lipinski definition) is 6. The number of hydrogen-bond donors (Lipinski definition) is 0. The molecular weight excluding hydrogens is 985 g/mol. The molecule has 0 rings (SSSR count). The highest BCUT2D eigenvalue weighted by Crippen LogP contribution is 2.18. The molecule has 1 unspecified atom stereocenters. The lowest BCUT2D eigenvalue weighted by Crippen LogP contribution is -2.30. The highest BCUT2D eigenvalue weighted by atomic mass is 16.6. The lowest BCUT2D eigenvalue weighted by Gasteiger charge is -2.18. The highest BCUT2D eigenvalue weighted by Gasteiger charge is 2.19. The molecule has 0 fully saturated rings. The summed E-state index contributed by atoms with van der Waals surface area (Å²) in [5.41, 5.74) is 0. The van der Waals surface area contributed by atoms with Gasteiger partial charge >= 0.3 is 17.9 Å². The predicted molar refractivity (Wildman–Crippen MR) is 349 cm³/mol. The fourth-order valence-corrected chi connectivity index (χ4v) is 10.6. The van der Waals surface area contributed by atoms with Crippen LogP contribution >= 0.6 is 0 Å². The van der Waals surface area contributed by atoms with E-state index in [-0.39, 0.29) is 31.1 Å². The summed E-state index contributed by atoms with van der Waals surface area (Å²) >= 11 is 0. The van der Waals surface area contributed by atoms with Gasteiger partial charge in [0.1, 0.15) is 13.2 Å². The van der Waals surface area contributed by atoms with Gasteiger partial charge in [0, 0.05) is 19.3 Å². The van der Waals surface area contributed by atoms with Gasteiger partial charge in [-0.05, 0) is 103 Å². The van der Waals surface area contributed by atoms with Gasteiger partial charge in [-0.25, -0.2) is 0 Å². The molecule has 0 aromatic rings. The van der Waals surface area contributed by atoms with Crippen LogP contribution in [0.2, 0.25) is 0 Å². The Balaban J connectivity index is 4.32. The van der Waals surface area contributed by atoms with Crippen LogP contribution in [0.4, 0.5) is 0 Å². The van der Waals surface area contributed by atoms with Crippen LogP contribution in [0.25, 0.3) is 0 Å². The average molecular weight is 1120 g/mol. The van der Waals surface area contributed by atoms with E-state index >= 15 is 0 Å². The van der Waals surface area contributed by atoms with Gasteiger partial charge in [-0.2, -0.15) is 0 Å². The van der Waals surface area contributed by atoms with Gasteiger partial charge < -0.3 is 14.2 Å². The van der Waals surface area contributed by atoms with Gasteiger partial charge in [-0.3, -0.25) is 14.4 Å². The highest BCUT2D eigenvalue weighted by molar-refractivity contribution is 5.71. The summed E-state index contributed by atoms with van der Waals surface area (Å²) in [6, 6.07) is 0. The Morgan fingerprint density at radius 3 is 0.713 bits per heavy atom. The minimum atomic E-state index is -0.781. The molecule has 80 heavy (non-hydrogen) atoms. The van der Waals surface area contributed by atoms with Crippen molar-refractivity contribution in [3.63, 3.8) is 0 Å². The van der Waals surface area contributed by atoms with Gasteiger partial charge in [0.25, 0.3) is 0 Å². The molecule has 6 nitrogen and oxygen atoms in total. The lowest BCUT2D eigenvalue weighted by atomic mass is 10.0. The molecule has 0 aliphatic heterocycles. The zero-order chi connectivity index (χ0) is 57.8. The van der Waals surface area contributed by atoms with Gasteiger partial charge in [0.2, 0.25) is 0 Å². The van der Waals surface area contributed by atoms with E-state index in [1.165, 1.54) is 270 Å². The molecule has 468 valence electrons. The van der Waals surface area contributed by atoms with Gasteiger partial charge in [0.05, 0.1) is 0 Å². The van der Waals surface area contributed by atoms with Gasteiger partial charge in [-0.1, -0.05) is 313 Å². The number of carbonyl (C=O) groups excluding carboxylic acids is 3. The fourth-order valence-electron chi connectivity index (χ4n) is 10.6. The molecule has 0 saturated heterocycles.